The van der Waals surface area contributed by atoms with Crippen molar-refractivity contribution >= 4 is 21.6 Å². The summed E-state index contributed by atoms with van der Waals surface area (Å²) in [5.41, 5.74) is 1.72. The number of aromatic nitrogens is 2. The molecular weight excluding hydrogens is 448 g/mol. The molecule has 1 aliphatic rings. The Balaban J connectivity index is 1.57. The zero-order valence-electron chi connectivity index (χ0n) is 18.5. The fraction of sp³-hybridized carbons (Fsp3) is 0.318. The van der Waals surface area contributed by atoms with Gasteiger partial charge in [-0.25, -0.2) is 13.1 Å². The van der Waals surface area contributed by atoms with Gasteiger partial charge in [0.2, 0.25) is 15.9 Å². The molecule has 3 aromatic rings. The number of benzene rings is 2. The quantitative estimate of drug-likeness (QED) is 0.530. The lowest BCUT2D eigenvalue weighted by Gasteiger charge is -2.29. The number of aryl methyl sites for hydroxylation is 2. The van der Waals surface area contributed by atoms with Gasteiger partial charge in [-0.3, -0.25) is 9.69 Å². The van der Waals surface area contributed by atoms with Gasteiger partial charge in [-0.1, -0.05) is 24.2 Å². The number of anilines is 1. The highest BCUT2D eigenvalue weighted by Gasteiger charge is 2.30. The molecule has 1 aromatic heterocycles. The third-order valence-electron chi connectivity index (χ3n) is 5.23. The highest BCUT2D eigenvalue weighted by Crippen LogP contribution is 2.37. The van der Waals surface area contributed by atoms with Crippen LogP contribution >= 0.6 is 0 Å². The van der Waals surface area contributed by atoms with E-state index >= 15 is 0 Å². The highest BCUT2D eigenvalue weighted by atomic mass is 32.2. The molecule has 11 heteroatoms. The number of methoxy groups -OCH3 is 1. The van der Waals surface area contributed by atoms with E-state index < -0.39 is 10.0 Å². The SMILES string of the molecule is CCc1nc(CN2C(=O)COc3cc(S(=O)(=O)NCc4ccc(OC)cc4)c(C)cc32)no1. The fourth-order valence-electron chi connectivity index (χ4n) is 3.43. The van der Waals surface area contributed by atoms with E-state index in [4.69, 9.17) is 14.0 Å². The molecule has 0 saturated carbocycles. The molecule has 33 heavy (non-hydrogen) atoms. The number of hydrogen-bond donors (Lipinski definition) is 1. The van der Waals surface area contributed by atoms with Crippen LogP contribution in [0.3, 0.4) is 0 Å². The highest BCUT2D eigenvalue weighted by molar-refractivity contribution is 7.89. The van der Waals surface area contributed by atoms with Gasteiger partial charge in [0, 0.05) is 19.0 Å². The van der Waals surface area contributed by atoms with E-state index in [0.717, 1.165) is 5.56 Å². The van der Waals surface area contributed by atoms with Crippen molar-refractivity contribution in [1.82, 2.24) is 14.9 Å². The van der Waals surface area contributed by atoms with Gasteiger partial charge in [-0.05, 0) is 36.2 Å². The van der Waals surface area contributed by atoms with Gasteiger partial charge >= 0.3 is 0 Å². The topological polar surface area (TPSA) is 124 Å². The van der Waals surface area contributed by atoms with Gasteiger partial charge in [0.1, 0.15) is 11.5 Å². The molecule has 0 spiro atoms. The summed E-state index contributed by atoms with van der Waals surface area (Å²) in [5.74, 6) is 1.55. The van der Waals surface area contributed by atoms with Crippen LogP contribution < -0.4 is 19.1 Å². The van der Waals surface area contributed by atoms with Crippen LogP contribution in [0.4, 0.5) is 5.69 Å². The molecule has 10 nitrogen and oxygen atoms in total. The van der Waals surface area contributed by atoms with Gasteiger partial charge in [0.15, 0.2) is 12.4 Å². The number of rotatable bonds is 8. The van der Waals surface area contributed by atoms with E-state index in [-0.39, 0.29) is 30.5 Å². The maximum atomic E-state index is 13.0. The summed E-state index contributed by atoms with van der Waals surface area (Å²) in [6, 6.07) is 10.2. The number of sulfonamides is 1. The molecule has 2 aromatic carbocycles. The molecule has 0 saturated heterocycles. The molecule has 0 radical (unpaired) electrons. The third kappa shape index (κ3) is 4.83. The lowest BCUT2D eigenvalue weighted by molar-refractivity contribution is -0.121. The maximum Gasteiger partial charge on any atom is 0.265 e. The number of nitrogens with zero attached hydrogens (tertiary/aromatic N) is 3. The summed E-state index contributed by atoms with van der Waals surface area (Å²) in [4.78, 5) is 18.3. The lowest BCUT2D eigenvalue weighted by Crippen LogP contribution is -2.38. The van der Waals surface area contributed by atoms with Crippen LogP contribution in [-0.4, -0.2) is 38.2 Å². The standard InChI is InChI=1S/C22H24N4O6S/c1-4-21-24-20(25-32-21)12-26-17-9-14(2)19(10-18(17)31-13-22(26)27)33(28,29)23-11-15-5-7-16(30-3)8-6-15/h5-10,23H,4,11-13H2,1-3H3. The smallest absolute Gasteiger partial charge is 0.265 e. The van der Waals surface area contributed by atoms with Crippen molar-refractivity contribution in [3.05, 3.63) is 59.2 Å². The first-order valence-corrected chi connectivity index (χ1v) is 11.8. The number of carbonyl (C=O) groups excluding carboxylic acids is 1. The normalized spacial score (nSPS) is 13.5. The first-order chi connectivity index (χ1) is 15.8. The van der Waals surface area contributed by atoms with Crippen LogP contribution in [-0.2, 0) is 34.3 Å². The molecule has 1 amide bonds. The van der Waals surface area contributed by atoms with Gasteiger partial charge in [-0.2, -0.15) is 4.98 Å². The molecule has 1 aliphatic heterocycles. The van der Waals surface area contributed by atoms with Crippen LogP contribution in [0.25, 0.3) is 0 Å². The van der Waals surface area contributed by atoms with Crippen molar-refractivity contribution in [1.29, 1.82) is 0 Å². The lowest BCUT2D eigenvalue weighted by atomic mass is 10.1. The predicted molar refractivity (Wildman–Crippen MR) is 119 cm³/mol. The van der Waals surface area contributed by atoms with Crippen molar-refractivity contribution in [2.75, 3.05) is 18.6 Å². The monoisotopic (exact) mass is 472 g/mol. The van der Waals surface area contributed by atoms with Crippen LogP contribution in [0, 0.1) is 6.92 Å². The van der Waals surface area contributed by atoms with Crippen molar-refractivity contribution in [2.45, 2.75) is 38.3 Å². The van der Waals surface area contributed by atoms with E-state index in [2.05, 4.69) is 14.9 Å². The summed E-state index contributed by atoms with van der Waals surface area (Å²) in [7, 11) is -2.27. The molecule has 0 atom stereocenters. The Kier molecular flexibility index (Phi) is 6.34. The van der Waals surface area contributed by atoms with Gasteiger partial charge in [0.05, 0.1) is 24.2 Å². The van der Waals surface area contributed by atoms with Gasteiger partial charge in [0.25, 0.3) is 5.91 Å². The van der Waals surface area contributed by atoms with E-state index in [9.17, 15) is 13.2 Å². The average molecular weight is 473 g/mol. The zero-order chi connectivity index (χ0) is 23.6. The first-order valence-electron chi connectivity index (χ1n) is 10.3. The van der Waals surface area contributed by atoms with Crippen LogP contribution in [0.15, 0.2) is 45.8 Å². The van der Waals surface area contributed by atoms with E-state index in [1.807, 2.05) is 6.92 Å². The second-order valence-corrected chi connectivity index (χ2v) is 9.22. The molecule has 2 heterocycles. The van der Waals surface area contributed by atoms with Crippen molar-refractivity contribution in [3.63, 3.8) is 0 Å². The third-order valence-corrected chi connectivity index (χ3v) is 6.77. The van der Waals surface area contributed by atoms with Gasteiger partial charge < -0.3 is 14.0 Å². The van der Waals surface area contributed by atoms with Gasteiger partial charge in [-0.15, -0.1) is 0 Å². The molecule has 0 aliphatic carbocycles. The van der Waals surface area contributed by atoms with Crippen LogP contribution in [0.1, 0.15) is 29.8 Å². The maximum absolute atomic E-state index is 13.0. The molecule has 0 unspecified atom stereocenters. The summed E-state index contributed by atoms with van der Waals surface area (Å²) < 4.78 is 44.4. The molecule has 4 rings (SSSR count). The Bertz CT molecular complexity index is 1270. The number of fused-ring (bicyclic) bond motifs is 1. The molecule has 0 bridgehead atoms. The van der Waals surface area contributed by atoms with E-state index in [1.165, 1.54) is 11.0 Å². The Morgan fingerprint density at radius 3 is 2.64 bits per heavy atom. The molecule has 0 fully saturated rings. The number of ether oxygens (including phenoxy) is 2. The summed E-state index contributed by atoms with van der Waals surface area (Å²) in [6.07, 6.45) is 0.588. The number of nitrogens with one attached hydrogen (secondary N) is 1. The van der Waals surface area contributed by atoms with Crippen LogP contribution in [0.2, 0.25) is 0 Å². The Labute approximate surface area is 191 Å². The molecular formula is C22H24N4O6S. The van der Waals surface area contributed by atoms with Crippen molar-refractivity contribution in [3.8, 4) is 11.5 Å². The fourth-order valence-corrected chi connectivity index (χ4v) is 4.69. The molecule has 1 N–H and O–H groups in total. The minimum atomic E-state index is -3.83. The number of carbonyl (C=O) groups is 1. The Morgan fingerprint density at radius 1 is 1.21 bits per heavy atom. The largest absolute Gasteiger partial charge is 0.497 e. The van der Waals surface area contributed by atoms with Crippen LogP contribution in [0.5, 0.6) is 11.5 Å². The minimum absolute atomic E-state index is 0.0805. The second-order valence-electron chi connectivity index (χ2n) is 7.48. The predicted octanol–water partition coefficient (Wildman–Crippen LogP) is 2.35. The second kappa shape index (κ2) is 9.20. The summed E-state index contributed by atoms with van der Waals surface area (Å²) >= 11 is 0. The Morgan fingerprint density at radius 2 is 1.97 bits per heavy atom. The summed E-state index contributed by atoms with van der Waals surface area (Å²) in [5, 5.41) is 3.90. The first kappa shape index (κ1) is 22.7. The number of hydrogen-bond acceptors (Lipinski definition) is 8. The van der Waals surface area contributed by atoms with E-state index in [1.54, 1.807) is 44.4 Å². The van der Waals surface area contributed by atoms with E-state index in [0.29, 0.717) is 40.9 Å². The molecule has 174 valence electrons. The summed E-state index contributed by atoms with van der Waals surface area (Å²) in [6.45, 7) is 3.56. The van der Waals surface area contributed by atoms with Crippen molar-refractivity contribution < 1.29 is 27.2 Å². The zero-order valence-corrected chi connectivity index (χ0v) is 19.3. The number of amides is 1. The van der Waals surface area contributed by atoms with Crippen molar-refractivity contribution in [2.24, 2.45) is 0 Å². The Hall–Kier alpha value is -3.44. The minimum Gasteiger partial charge on any atom is -0.497 e. The average Bonchev–Trinajstić information content (AvgIpc) is 3.27.